The maximum atomic E-state index is 13.5. The van der Waals surface area contributed by atoms with Gasteiger partial charge in [-0.15, -0.1) is 0 Å². The number of fused-ring (bicyclic) bond motifs is 1. The quantitative estimate of drug-likeness (QED) is 0.857. The molecule has 3 aliphatic heterocycles. The lowest BCUT2D eigenvalue weighted by Crippen LogP contribution is -2.50. The number of nitrogens with one attached hydrogen (secondary N) is 1. The number of alkyl halides is 3. The number of rotatable bonds is 2. The van der Waals surface area contributed by atoms with Crippen molar-refractivity contribution < 1.29 is 22.7 Å². The molecule has 4 heterocycles. The molecule has 0 bridgehead atoms. The monoisotopic (exact) mass is 373 g/mol. The molecule has 0 unspecified atom stereocenters. The van der Waals surface area contributed by atoms with Gasteiger partial charge in [-0.3, -0.25) is 4.79 Å². The van der Waals surface area contributed by atoms with Crippen molar-refractivity contribution in [1.82, 2.24) is 19.7 Å². The Kier molecular flexibility index (Phi) is 4.54. The third-order valence-corrected chi connectivity index (χ3v) is 5.66. The number of carbonyl (C=O) groups is 1. The maximum absolute atomic E-state index is 13.5. The highest BCUT2D eigenvalue weighted by molar-refractivity contribution is 5.79. The number of nitrogens with zero attached hydrogens (tertiary/aromatic N) is 4. The number of ether oxygens (including phenoxy) is 1. The Labute approximate surface area is 148 Å². The molecule has 3 aliphatic rings. The lowest BCUT2D eigenvalue weighted by Gasteiger charge is -2.41. The number of hydrogen-bond acceptors (Lipinski definition) is 5. The van der Waals surface area contributed by atoms with E-state index in [0.717, 1.165) is 30.3 Å². The molecule has 2 fully saturated rings. The van der Waals surface area contributed by atoms with Gasteiger partial charge in [0, 0.05) is 25.7 Å². The number of piperidine rings is 1. The molecule has 4 atom stereocenters. The average Bonchev–Trinajstić information content (AvgIpc) is 3.31. The molecule has 0 saturated carbocycles. The first kappa shape index (κ1) is 17.6. The Bertz CT molecular complexity index is 659. The SMILES string of the molecule is O=C([C@H]1CCOC1)N1CCC[C@H]([C@@H]2C[C@H](C(F)(F)F)n3ncnc3N2)C1. The van der Waals surface area contributed by atoms with E-state index in [4.69, 9.17) is 4.74 Å². The normalized spacial score (nSPS) is 32.2. The number of anilines is 1. The zero-order chi connectivity index (χ0) is 18.3. The van der Waals surface area contributed by atoms with Gasteiger partial charge < -0.3 is 15.0 Å². The van der Waals surface area contributed by atoms with E-state index in [1.165, 1.54) is 0 Å². The fourth-order valence-electron chi connectivity index (χ4n) is 4.26. The molecule has 144 valence electrons. The van der Waals surface area contributed by atoms with Gasteiger partial charge in [0.25, 0.3) is 0 Å². The van der Waals surface area contributed by atoms with E-state index in [1.54, 1.807) is 4.90 Å². The molecule has 1 aromatic heterocycles. The molecule has 4 rings (SSSR count). The van der Waals surface area contributed by atoms with Crippen molar-refractivity contribution in [3.63, 3.8) is 0 Å². The van der Waals surface area contributed by atoms with Gasteiger partial charge in [-0.25, -0.2) is 4.68 Å². The molecule has 1 amide bonds. The Morgan fingerprint density at radius 3 is 2.92 bits per heavy atom. The van der Waals surface area contributed by atoms with Gasteiger partial charge in [0.05, 0.1) is 12.5 Å². The minimum atomic E-state index is -4.38. The summed E-state index contributed by atoms with van der Waals surface area (Å²) >= 11 is 0. The van der Waals surface area contributed by atoms with Crippen LogP contribution in [0.1, 0.15) is 31.7 Å². The fourth-order valence-corrected chi connectivity index (χ4v) is 4.26. The van der Waals surface area contributed by atoms with E-state index >= 15 is 0 Å². The first-order valence-electron chi connectivity index (χ1n) is 9.03. The second-order valence-corrected chi connectivity index (χ2v) is 7.32. The van der Waals surface area contributed by atoms with Crippen molar-refractivity contribution >= 4 is 11.9 Å². The maximum Gasteiger partial charge on any atom is 0.411 e. The molecule has 0 radical (unpaired) electrons. The zero-order valence-corrected chi connectivity index (χ0v) is 14.3. The molecule has 10 heteroatoms. The van der Waals surface area contributed by atoms with E-state index in [0.29, 0.717) is 26.3 Å². The Hall–Kier alpha value is -1.84. The molecule has 7 nitrogen and oxygen atoms in total. The van der Waals surface area contributed by atoms with E-state index in [9.17, 15) is 18.0 Å². The summed E-state index contributed by atoms with van der Waals surface area (Å²) in [6, 6.07) is -2.06. The Balaban J connectivity index is 1.48. The van der Waals surface area contributed by atoms with Gasteiger partial charge in [-0.1, -0.05) is 0 Å². The molecule has 1 N–H and O–H groups in total. The summed E-state index contributed by atoms with van der Waals surface area (Å²) in [5.74, 6) is 0.0687. The summed E-state index contributed by atoms with van der Waals surface area (Å²) in [7, 11) is 0. The second kappa shape index (κ2) is 6.71. The number of carbonyl (C=O) groups excluding carboxylic acids is 1. The molecule has 0 aromatic carbocycles. The van der Waals surface area contributed by atoms with Gasteiger partial charge in [0.15, 0.2) is 6.04 Å². The van der Waals surface area contributed by atoms with Crippen LogP contribution < -0.4 is 5.32 Å². The number of hydrogen-bond donors (Lipinski definition) is 1. The predicted octanol–water partition coefficient (Wildman–Crippen LogP) is 1.84. The largest absolute Gasteiger partial charge is 0.411 e. The van der Waals surface area contributed by atoms with E-state index in [-0.39, 0.29) is 36.2 Å². The van der Waals surface area contributed by atoms with Crippen molar-refractivity contribution in [2.45, 2.75) is 43.9 Å². The molecule has 2 saturated heterocycles. The highest BCUT2D eigenvalue weighted by atomic mass is 19.4. The smallest absolute Gasteiger partial charge is 0.381 e. The molecule has 0 spiro atoms. The van der Waals surface area contributed by atoms with Crippen LogP contribution >= 0.6 is 0 Å². The Morgan fingerprint density at radius 1 is 1.35 bits per heavy atom. The number of likely N-dealkylation sites (tertiary alicyclic amines) is 1. The van der Waals surface area contributed by atoms with Crippen LogP contribution in [-0.2, 0) is 9.53 Å². The molecular weight excluding hydrogens is 351 g/mol. The topological polar surface area (TPSA) is 72.3 Å². The van der Waals surface area contributed by atoms with Crippen LogP contribution in [0.25, 0.3) is 0 Å². The van der Waals surface area contributed by atoms with Crippen LogP contribution in [0.4, 0.5) is 19.1 Å². The lowest BCUT2D eigenvalue weighted by atomic mass is 9.85. The van der Waals surface area contributed by atoms with Gasteiger partial charge in [0.1, 0.15) is 6.33 Å². The highest BCUT2D eigenvalue weighted by Crippen LogP contribution is 2.41. The predicted molar refractivity (Wildman–Crippen MR) is 85.4 cm³/mol. The standard InChI is InChI=1S/C16H22F3N5O2/c17-16(18,19)13-6-12(22-15-20-9-21-24(13)15)10-2-1-4-23(7-10)14(25)11-3-5-26-8-11/h9-13H,1-8H2,(H,20,21,22)/t10-,11-,12-,13+/m0/s1. The average molecular weight is 373 g/mol. The van der Waals surface area contributed by atoms with Gasteiger partial charge >= 0.3 is 6.18 Å². The van der Waals surface area contributed by atoms with Gasteiger partial charge in [-0.2, -0.15) is 23.3 Å². The first-order chi connectivity index (χ1) is 12.4. The summed E-state index contributed by atoms with van der Waals surface area (Å²) in [5, 5.41) is 6.83. The summed E-state index contributed by atoms with van der Waals surface area (Å²) in [6.45, 7) is 2.19. The number of amides is 1. The third-order valence-electron chi connectivity index (χ3n) is 5.66. The molecule has 26 heavy (non-hydrogen) atoms. The summed E-state index contributed by atoms with van der Waals surface area (Å²) < 4.78 is 46.6. The van der Waals surface area contributed by atoms with Crippen molar-refractivity contribution in [2.75, 3.05) is 31.6 Å². The Morgan fingerprint density at radius 2 is 2.19 bits per heavy atom. The summed E-state index contributed by atoms with van der Waals surface area (Å²) in [5.41, 5.74) is 0. The van der Waals surface area contributed by atoms with Crippen LogP contribution in [0.3, 0.4) is 0 Å². The van der Waals surface area contributed by atoms with Crippen LogP contribution in [-0.4, -0.2) is 64.1 Å². The molecule has 0 aliphatic carbocycles. The highest BCUT2D eigenvalue weighted by Gasteiger charge is 2.48. The third kappa shape index (κ3) is 3.26. The van der Waals surface area contributed by atoms with E-state index in [1.807, 2.05) is 0 Å². The zero-order valence-electron chi connectivity index (χ0n) is 14.3. The van der Waals surface area contributed by atoms with Crippen LogP contribution in [0.5, 0.6) is 0 Å². The van der Waals surface area contributed by atoms with Gasteiger partial charge in [-0.05, 0) is 31.6 Å². The lowest BCUT2D eigenvalue weighted by molar-refractivity contribution is -0.175. The van der Waals surface area contributed by atoms with Crippen LogP contribution in [0.15, 0.2) is 6.33 Å². The summed E-state index contributed by atoms with van der Waals surface area (Å²) in [4.78, 5) is 18.4. The van der Waals surface area contributed by atoms with Crippen molar-refractivity contribution in [2.24, 2.45) is 11.8 Å². The number of aromatic nitrogens is 3. The van der Waals surface area contributed by atoms with Crippen LogP contribution in [0, 0.1) is 11.8 Å². The molecule has 1 aromatic rings. The molecular formula is C16H22F3N5O2. The van der Waals surface area contributed by atoms with E-state index < -0.39 is 12.2 Å². The van der Waals surface area contributed by atoms with Crippen molar-refractivity contribution in [3.8, 4) is 0 Å². The van der Waals surface area contributed by atoms with Crippen molar-refractivity contribution in [3.05, 3.63) is 6.33 Å². The van der Waals surface area contributed by atoms with Gasteiger partial charge in [0.2, 0.25) is 11.9 Å². The fraction of sp³-hybridized carbons (Fsp3) is 0.812. The number of halogens is 3. The minimum Gasteiger partial charge on any atom is -0.381 e. The first-order valence-corrected chi connectivity index (χ1v) is 9.03. The second-order valence-electron chi connectivity index (χ2n) is 7.32. The van der Waals surface area contributed by atoms with Crippen LogP contribution in [0.2, 0.25) is 0 Å². The summed E-state index contributed by atoms with van der Waals surface area (Å²) in [6.07, 6.45) is -1.03. The van der Waals surface area contributed by atoms with Crippen molar-refractivity contribution in [1.29, 1.82) is 0 Å². The minimum absolute atomic E-state index is 0.0367. The van der Waals surface area contributed by atoms with E-state index in [2.05, 4.69) is 15.4 Å².